The summed E-state index contributed by atoms with van der Waals surface area (Å²) in [4.78, 5) is 6.74. The molecule has 1 spiro atoms. The van der Waals surface area contributed by atoms with Crippen LogP contribution in [-0.4, -0.2) is 49.3 Å². The van der Waals surface area contributed by atoms with E-state index in [9.17, 15) is 4.21 Å². The summed E-state index contributed by atoms with van der Waals surface area (Å²) in [6, 6.07) is 0.317. The van der Waals surface area contributed by atoms with Crippen LogP contribution in [0.3, 0.4) is 0 Å². The number of halogens is 1. The fraction of sp³-hybridized carbons (Fsp3) is 0.571. The molecule has 2 aromatic heterocycles. The Balaban J connectivity index is 1.51. The Hall–Kier alpha value is -1.22. The van der Waals surface area contributed by atoms with Gasteiger partial charge in [-0.2, -0.15) is 5.10 Å². The molecule has 0 amide bonds. The van der Waals surface area contributed by atoms with Crippen LogP contribution in [0.25, 0.3) is 5.52 Å². The summed E-state index contributed by atoms with van der Waals surface area (Å²) < 4.78 is 14.9. The van der Waals surface area contributed by atoms with Crippen LogP contribution < -0.4 is 10.0 Å². The molecule has 1 aliphatic carbocycles. The summed E-state index contributed by atoms with van der Waals surface area (Å²) >= 11 is 4.83. The maximum absolute atomic E-state index is 11.3. The van der Waals surface area contributed by atoms with Crippen molar-refractivity contribution in [2.24, 2.45) is 10.6 Å². The van der Waals surface area contributed by atoms with Gasteiger partial charge < -0.3 is 4.90 Å². The molecule has 2 N–H and O–H groups in total. The number of anilines is 1. The highest BCUT2D eigenvalue weighted by Gasteiger charge is 2.54. The first kappa shape index (κ1) is 15.3. The lowest BCUT2D eigenvalue weighted by molar-refractivity contribution is 0.0223. The lowest BCUT2D eigenvalue weighted by atomic mass is 9.60. The average Bonchev–Trinajstić information content (AvgIpc) is 2.71. The van der Waals surface area contributed by atoms with E-state index < -0.39 is 11.2 Å². The Morgan fingerprint density at radius 1 is 1.48 bits per heavy atom. The van der Waals surface area contributed by atoms with E-state index in [0.29, 0.717) is 16.5 Å². The standard InChI is InChI=1S/C14H19ClN6OS/c1-9-11(15)5-21-12(9)13(17-8-18-21)20-6-14(7-20)3-10(4-14)19(2)23(16)22/h5,8,10H,3-4,6-7,16H2,1-2H3. The summed E-state index contributed by atoms with van der Waals surface area (Å²) in [7, 11) is 1.82. The van der Waals surface area contributed by atoms with Crippen LogP contribution >= 0.6 is 11.6 Å². The van der Waals surface area contributed by atoms with Crippen LogP contribution in [0.4, 0.5) is 5.82 Å². The van der Waals surface area contributed by atoms with Gasteiger partial charge >= 0.3 is 0 Å². The van der Waals surface area contributed by atoms with Crippen molar-refractivity contribution in [2.75, 3.05) is 25.0 Å². The van der Waals surface area contributed by atoms with Crippen molar-refractivity contribution in [3.8, 4) is 0 Å². The van der Waals surface area contributed by atoms with Gasteiger partial charge in [-0.3, -0.25) is 0 Å². The number of aromatic nitrogens is 3. The molecule has 2 fully saturated rings. The second kappa shape index (κ2) is 5.14. The van der Waals surface area contributed by atoms with Crippen molar-refractivity contribution in [2.45, 2.75) is 25.8 Å². The maximum atomic E-state index is 11.3. The van der Waals surface area contributed by atoms with E-state index in [1.807, 2.05) is 20.2 Å². The predicted octanol–water partition coefficient (Wildman–Crippen LogP) is 1.13. The highest BCUT2D eigenvalue weighted by Crippen LogP contribution is 2.51. The van der Waals surface area contributed by atoms with E-state index in [1.54, 1.807) is 15.1 Å². The van der Waals surface area contributed by atoms with Gasteiger partial charge in [-0.15, -0.1) is 0 Å². The normalized spacial score (nSPS) is 21.7. The zero-order chi connectivity index (χ0) is 16.4. The van der Waals surface area contributed by atoms with Crippen LogP contribution in [0.15, 0.2) is 12.5 Å². The number of nitrogens with two attached hydrogens (primary N) is 1. The van der Waals surface area contributed by atoms with Gasteiger partial charge in [0, 0.05) is 37.8 Å². The number of aryl methyl sites for hydroxylation is 1. The van der Waals surface area contributed by atoms with Gasteiger partial charge in [-0.1, -0.05) is 11.6 Å². The molecule has 23 heavy (non-hydrogen) atoms. The minimum atomic E-state index is -1.38. The Bertz CT molecular complexity index is 794. The number of hydrogen-bond donors (Lipinski definition) is 1. The molecule has 1 unspecified atom stereocenters. The number of rotatable bonds is 3. The van der Waals surface area contributed by atoms with Gasteiger partial charge in [-0.25, -0.2) is 23.2 Å². The molecule has 7 nitrogen and oxygen atoms in total. The molecule has 9 heteroatoms. The van der Waals surface area contributed by atoms with Gasteiger partial charge in [0.05, 0.1) is 5.02 Å². The second-order valence-electron chi connectivity index (χ2n) is 6.72. The minimum absolute atomic E-state index is 0.310. The van der Waals surface area contributed by atoms with Crippen molar-refractivity contribution in [1.29, 1.82) is 0 Å². The van der Waals surface area contributed by atoms with Gasteiger partial charge in [0.25, 0.3) is 0 Å². The Kier molecular flexibility index (Phi) is 3.42. The van der Waals surface area contributed by atoms with Crippen molar-refractivity contribution < 1.29 is 4.21 Å². The van der Waals surface area contributed by atoms with Crippen molar-refractivity contribution in [1.82, 2.24) is 18.9 Å². The van der Waals surface area contributed by atoms with Crippen LogP contribution in [0.5, 0.6) is 0 Å². The largest absolute Gasteiger partial charge is 0.354 e. The van der Waals surface area contributed by atoms with Gasteiger partial charge in [0.15, 0.2) is 17.0 Å². The van der Waals surface area contributed by atoms with Gasteiger partial charge in [0.2, 0.25) is 0 Å². The third kappa shape index (κ3) is 2.27. The van der Waals surface area contributed by atoms with Crippen molar-refractivity contribution in [3.63, 3.8) is 0 Å². The smallest absolute Gasteiger partial charge is 0.167 e. The summed E-state index contributed by atoms with van der Waals surface area (Å²) in [6.07, 6.45) is 5.45. The Labute approximate surface area is 142 Å². The fourth-order valence-corrected chi connectivity index (χ4v) is 4.48. The molecule has 124 valence electrons. The SMILES string of the molecule is Cc1c(Cl)cn2ncnc(N3CC4(CC(N(C)S(N)=O)C4)C3)c12. The first-order valence-corrected chi connectivity index (χ1v) is 9.07. The molecule has 3 heterocycles. The molecule has 0 radical (unpaired) electrons. The molecule has 2 aliphatic rings. The lowest BCUT2D eigenvalue weighted by Crippen LogP contribution is -2.66. The molecular formula is C14H19ClN6OS. The number of hydrogen-bond acceptors (Lipinski definition) is 4. The molecule has 0 aromatic carbocycles. The van der Waals surface area contributed by atoms with E-state index in [0.717, 1.165) is 42.8 Å². The van der Waals surface area contributed by atoms with E-state index in [-0.39, 0.29) is 0 Å². The minimum Gasteiger partial charge on any atom is -0.354 e. The molecular weight excluding hydrogens is 336 g/mol. The van der Waals surface area contributed by atoms with Crippen LogP contribution in [-0.2, 0) is 11.2 Å². The van der Waals surface area contributed by atoms with Crippen LogP contribution in [0, 0.1) is 12.3 Å². The van der Waals surface area contributed by atoms with E-state index in [2.05, 4.69) is 15.0 Å². The lowest BCUT2D eigenvalue weighted by Gasteiger charge is -2.60. The third-order valence-electron chi connectivity index (χ3n) is 5.23. The predicted molar refractivity (Wildman–Crippen MR) is 90.5 cm³/mol. The number of nitrogens with zero attached hydrogens (tertiary/aromatic N) is 5. The van der Waals surface area contributed by atoms with Gasteiger partial charge in [0.1, 0.15) is 11.8 Å². The zero-order valence-corrected chi connectivity index (χ0v) is 14.6. The van der Waals surface area contributed by atoms with Gasteiger partial charge in [-0.05, 0) is 25.3 Å². The number of fused-ring (bicyclic) bond motifs is 1. The quantitative estimate of drug-likeness (QED) is 0.896. The van der Waals surface area contributed by atoms with E-state index in [4.69, 9.17) is 16.7 Å². The summed E-state index contributed by atoms with van der Waals surface area (Å²) in [5.41, 5.74) is 2.29. The Morgan fingerprint density at radius 3 is 2.83 bits per heavy atom. The summed E-state index contributed by atoms with van der Waals surface area (Å²) in [5.74, 6) is 0.939. The first-order chi connectivity index (χ1) is 10.9. The average molecular weight is 355 g/mol. The van der Waals surface area contributed by atoms with E-state index in [1.165, 1.54) is 0 Å². The van der Waals surface area contributed by atoms with Crippen LogP contribution in [0.2, 0.25) is 5.02 Å². The molecule has 4 rings (SSSR count). The Morgan fingerprint density at radius 2 is 2.17 bits per heavy atom. The maximum Gasteiger partial charge on any atom is 0.167 e. The summed E-state index contributed by atoms with van der Waals surface area (Å²) in [5, 5.41) is 10.4. The monoisotopic (exact) mass is 354 g/mol. The third-order valence-corrected chi connectivity index (χ3v) is 6.48. The van der Waals surface area contributed by atoms with Crippen LogP contribution in [0.1, 0.15) is 18.4 Å². The van der Waals surface area contributed by atoms with E-state index >= 15 is 0 Å². The zero-order valence-electron chi connectivity index (χ0n) is 13.1. The molecule has 1 aliphatic heterocycles. The van der Waals surface area contributed by atoms with Crippen molar-refractivity contribution in [3.05, 3.63) is 23.1 Å². The fourth-order valence-electron chi connectivity index (χ4n) is 3.86. The highest BCUT2D eigenvalue weighted by molar-refractivity contribution is 7.80. The second-order valence-corrected chi connectivity index (χ2v) is 8.25. The molecule has 1 saturated carbocycles. The molecule has 1 saturated heterocycles. The highest BCUT2D eigenvalue weighted by atomic mass is 35.5. The summed E-state index contributed by atoms with van der Waals surface area (Å²) in [6.45, 7) is 3.91. The first-order valence-electron chi connectivity index (χ1n) is 7.53. The molecule has 2 aromatic rings. The van der Waals surface area contributed by atoms with Crippen molar-refractivity contribution >= 4 is 34.1 Å². The topological polar surface area (TPSA) is 79.8 Å². The molecule has 0 bridgehead atoms. The molecule has 1 atom stereocenters.